The molecule has 0 rings (SSSR count). The third-order valence-corrected chi connectivity index (χ3v) is 3.02. The third kappa shape index (κ3) is 13.2. The Kier molecular flexibility index (Phi) is 9.24. The fourth-order valence-corrected chi connectivity index (χ4v) is 1.96. The molecule has 0 aliphatic carbocycles. The van der Waals surface area contributed by atoms with Gasteiger partial charge in [0.15, 0.2) is 2.52 Å². The van der Waals surface area contributed by atoms with E-state index in [-0.39, 0.29) is 0 Å². The lowest BCUT2D eigenvalue weighted by atomic mass is 10.1. The van der Waals surface area contributed by atoms with E-state index in [9.17, 15) is 5.11 Å². The predicted molar refractivity (Wildman–Crippen MR) is 70.5 cm³/mol. The number of unbranched alkanes of at least 4 members (excludes halogenated alkanes) is 6. The number of hydrogen-bond donors (Lipinski definition) is 1. The molecule has 0 aromatic carbocycles. The highest BCUT2D eigenvalue weighted by Gasteiger charge is 2.15. The van der Waals surface area contributed by atoms with Gasteiger partial charge in [0.05, 0.1) is 0 Å². The van der Waals surface area contributed by atoms with Crippen molar-refractivity contribution in [2.45, 2.75) is 60.8 Å². The minimum Gasteiger partial charge on any atom is -0.370 e. The Hall–Kier alpha value is 1.17. The second kappa shape index (κ2) is 8.48. The highest BCUT2D eigenvalue weighted by molar-refractivity contribution is 14.1. The molecular formula is C10H20BrIO. The molecule has 80 valence electrons. The summed E-state index contributed by atoms with van der Waals surface area (Å²) in [5, 5.41) is 9.36. The van der Waals surface area contributed by atoms with Crippen LogP contribution in [0.5, 0.6) is 0 Å². The number of alkyl halides is 2. The Labute approximate surface area is 104 Å². The van der Waals surface area contributed by atoms with Gasteiger partial charge in [-0.25, -0.2) is 0 Å². The topological polar surface area (TPSA) is 20.2 Å². The van der Waals surface area contributed by atoms with E-state index in [0.717, 1.165) is 12.8 Å². The molecule has 0 saturated carbocycles. The molecule has 0 radical (unpaired) electrons. The van der Waals surface area contributed by atoms with Crippen LogP contribution in [0.2, 0.25) is 0 Å². The van der Waals surface area contributed by atoms with Crippen molar-refractivity contribution >= 4 is 38.5 Å². The van der Waals surface area contributed by atoms with E-state index in [1.165, 1.54) is 38.5 Å². The first-order valence-electron chi connectivity index (χ1n) is 5.16. The van der Waals surface area contributed by atoms with Gasteiger partial charge in [-0.2, -0.15) is 0 Å². The molecule has 0 aliphatic heterocycles. The van der Waals surface area contributed by atoms with Gasteiger partial charge < -0.3 is 5.11 Å². The number of hydrogen-bond acceptors (Lipinski definition) is 1. The summed E-state index contributed by atoms with van der Waals surface area (Å²) in [7, 11) is 0. The molecular weight excluding hydrogens is 343 g/mol. The summed E-state index contributed by atoms with van der Waals surface area (Å²) in [6.07, 6.45) is 9.96. The van der Waals surface area contributed by atoms with E-state index in [0.29, 0.717) is 0 Å². The lowest BCUT2D eigenvalue weighted by Crippen LogP contribution is -2.07. The second-order valence-electron chi connectivity index (χ2n) is 3.54. The summed E-state index contributed by atoms with van der Waals surface area (Å²) in [5.74, 6) is 0. The van der Waals surface area contributed by atoms with Crippen molar-refractivity contribution in [3.63, 3.8) is 0 Å². The maximum atomic E-state index is 9.36. The normalized spacial score (nSPS) is 15.7. The zero-order valence-electron chi connectivity index (χ0n) is 8.36. The van der Waals surface area contributed by atoms with Crippen LogP contribution in [0.4, 0.5) is 0 Å². The fourth-order valence-electron chi connectivity index (χ4n) is 1.29. The smallest absolute Gasteiger partial charge is 0.170 e. The van der Waals surface area contributed by atoms with Crippen LogP contribution in [0.1, 0.15) is 58.3 Å². The first-order valence-corrected chi connectivity index (χ1v) is 7.03. The van der Waals surface area contributed by atoms with Crippen molar-refractivity contribution in [3.8, 4) is 0 Å². The SMILES string of the molecule is CCCCCCCCCC(O)(Br)I. The Morgan fingerprint density at radius 1 is 1.08 bits per heavy atom. The van der Waals surface area contributed by atoms with Gasteiger partial charge in [-0.15, -0.1) is 0 Å². The molecule has 1 N–H and O–H groups in total. The van der Waals surface area contributed by atoms with Crippen LogP contribution in [0, 0.1) is 0 Å². The van der Waals surface area contributed by atoms with Crippen LogP contribution in [0.3, 0.4) is 0 Å². The van der Waals surface area contributed by atoms with E-state index in [4.69, 9.17) is 0 Å². The monoisotopic (exact) mass is 362 g/mol. The van der Waals surface area contributed by atoms with Crippen LogP contribution in [0.15, 0.2) is 0 Å². The molecule has 1 atom stereocenters. The molecule has 13 heavy (non-hydrogen) atoms. The second-order valence-corrected chi connectivity index (χ2v) is 8.12. The lowest BCUT2D eigenvalue weighted by Gasteiger charge is -2.11. The van der Waals surface area contributed by atoms with Gasteiger partial charge in [0.1, 0.15) is 0 Å². The summed E-state index contributed by atoms with van der Waals surface area (Å²) in [5.41, 5.74) is 0. The first kappa shape index (κ1) is 14.2. The third-order valence-electron chi connectivity index (χ3n) is 2.08. The Morgan fingerprint density at radius 3 is 2.00 bits per heavy atom. The van der Waals surface area contributed by atoms with Gasteiger partial charge in [-0.05, 0) is 51.4 Å². The molecule has 0 heterocycles. The average molecular weight is 363 g/mol. The summed E-state index contributed by atoms with van der Waals surface area (Å²) in [4.78, 5) is 0. The van der Waals surface area contributed by atoms with Gasteiger partial charge >= 0.3 is 0 Å². The molecule has 0 aliphatic rings. The van der Waals surface area contributed by atoms with E-state index in [2.05, 4.69) is 22.9 Å². The molecule has 0 aromatic rings. The van der Waals surface area contributed by atoms with Crippen molar-refractivity contribution < 1.29 is 5.11 Å². The van der Waals surface area contributed by atoms with Gasteiger partial charge in [0.2, 0.25) is 0 Å². The van der Waals surface area contributed by atoms with Crippen molar-refractivity contribution in [3.05, 3.63) is 0 Å². The Balaban J connectivity index is 3.00. The molecule has 1 nitrogen and oxygen atoms in total. The van der Waals surface area contributed by atoms with Crippen LogP contribution < -0.4 is 0 Å². The molecule has 0 aromatic heterocycles. The zero-order valence-corrected chi connectivity index (χ0v) is 12.1. The molecule has 0 bridgehead atoms. The van der Waals surface area contributed by atoms with Crippen molar-refractivity contribution in [2.75, 3.05) is 0 Å². The average Bonchev–Trinajstić information content (AvgIpc) is 2.01. The van der Waals surface area contributed by atoms with E-state index >= 15 is 0 Å². The minimum absolute atomic E-state index is 0.672. The van der Waals surface area contributed by atoms with Crippen LogP contribution in [-0.4, -0.2) is 7.62 Å². The van der Waals surface area contributed by atoms with Crippen LogP contribution >= 0.6 is 38.5 Å². The first-order chi connectivity index (χ1) is 6.06. The fraction of sp³-hybridized carbons (Fsp3) is 1.00. The number of aliphatic hydroxyl groups is 1. The summed E-state index contributed by atoms with van der Waals surface area (Å²) in [6.45, 7) is 2.24. The summed E-state index contributed by atoms with van der Waals surface area (Å²) in [6, 6.07) is 0. The molecule has 3 heteroatoms. The van der Waals surface area contributed by atoms with Crippen LogP contribution in [-0.2, 0) is 0 Å². The molecule has 0 fully saturated rings. The van der Waals surface area contributed by atoms with Crippen LogP contribution in [0.25, 0.3) is 0 Å². The lowest BCUT2D eigenvalue weighted by molar-refractivity contribution is 0.238. The maximum Gasteiger partial charge on any atom is 0.170 e. The Bertz CT molecular complexity index is 112. The van der Waals surface area contributed by atoms with Crippen molar-refractivity contribution in [1.29, 1.82) is 0 Å². The highest BCUT2D eigenvalue weighted by atomic mass is 127. The van der Waals surface area contributed by atoms with Gasteiger partial charge in [0, 0.05) is 0 Å². The molecule has 1 unspecified atom stereocenters. The van der Waals surface area contributed by atoms with Gasteiger partial charge in [-0.3, -0.25) is 0 Å². The standard InChI is InChI=1S/C10H20BrIO/c1-2-3-4-5-6-7-8-9-10(11,12)13/h13H,2-9H2,1H3. The van der Waals surface area contributed by atoms with E-state index < -0.39 is 2.52 Å². The molecule has 0 amide bonds. The summed E-state index contributed by atoms with van der Waals surface area (Å²) < 4.78 is -0.672. The maximum absolute atomic E-state index is 9.36. The number of halogens is 2. The van der Waals surface area contributed by atoms with E-state index in [1.54, 1.807) is 0 Å². The largest absolute Gasteiger partial charge is 0.370 e. The van der Waals surface area contributed by atoms with Gasteiger partial charge in [0.25, 0.3) is 0 Å². The Morgan fingerprint density at radius 2 is 1.54 bits per heavy atom. The quantitative estimate of drug-likeness (QED) is 0.380. The van der Waals surface area contributed by atoms with Crippen molar-refractivity contribution in [2.24, 2.45) is 0 Å². The highest BCUT2D eigenvalue weighted by Crippen LogP contribution is 2.29. The predicted octanol–water partition coefficient (Wildman–Crippen LogP) is 4.60. The molecule has 0 spiro atoms. The zero-order chi connectivity index (χ0) is 10.2. The van der Waals surface area contributed by atoms with Crippen molar-refractivity contribution in [1.82, 2.24) is 0 Å². The minimum atomic E-state index is -0.672. The van der Waals surface area contributed by atoms with E-state index in [1.807, 2.05) is 22.6 Å². The number of rotatable bonds is 8. The van der Waals surface area contributed by atoms with Gasteiger partial charge in [-0.1, -0.05) is 45.4 Å². The summed E-state index contributed by atoms with van der Waals surface area (Å²) >= 11 is 5.24. The molecule has 0 saturated heterocycles.